The first-order chi connectivity index (χ1) is 9.53. The van der Waals surface area contributed by atoms with Crippen molar-refractivity contribution in [3.8, 4) is 0 Å². The highest BCUT2D eigenvalue weighted by molar-refractivity contribution is 5.86. The second-order valence-corrected chi connectivity index (χ2v) is 7.79. The largest absolute Gasteiger partial charge is 0.0616 e. The van der Waals surface area contributed by atoms with Gasteiger partial charge in [0.05, 0.1) is 0 Å². The zero-order valence-electron chi connectivity index (χ0n) is 12.8. The van der Waals surface area contributed by atoms with Crippen LogP contribution in [-0.4, -0.2) is 0 Å². The van der Waals surface area contributed by atoms with E-state index in [0.717, 1.165) is 11.8 Å². The van der Waals surface area contributed by atoms with Crippen LogP contribution in [0.2, 0.25) is 0 Å². The summed E-state index contributed by atoms with van der Waals surface area (Å²) in [4.78, 5) is 0. The van der Waals surface area contributed by atoms with Gasteiger partial charge >= 0.3 is 0 Å². The summed E-state index contributed by atoms with van der Waals surface area (Å²) in [5.74, 6) is 1.81. The molecule has 3 fully saturated rings. The lowest BCUT2D eigenvalue weighted by Crippen LogP contribution is -2.58. The lowest BCUT2D eigenvalue weighted by molar-refractivity contribution is -0.115. The van der Waals surface area contributed by atoms with Crippen LogP contribution in [0.3, 0.4) is 0 Å². The van der Waals surface area contributed by atoms with Crippen LogP contribution < -0.4 is 0 Å². The molecule has 3 aliphatic carbocycles. The van der Waals surface area contributed by atoms with Gasteiger partial charge in [-0.3, -0.25) is 0 Å². The maximum Gasteiger partial charge on any atom is -0.00355 e. The van der Waals surface area contributed by atoms with Crippen molar-refractivity contribution < 1.29 is 0 Å². The van der Waals surface area contributed by atoms with E-state index in [1.165, 1.54) is 30.0 Å². The van der Waals surface area contributed by atoms with Crippen LogP contribution in [0, 0.1) is 17.3 Å². The van der Waals surface area contributed by atoms with E-state index < -0.39 is 0 Å². The van der Waals surface area contributed by atoms with Crippen LogP contribution in [0.25, 0.3) is 10.8 Å². The molecule has 2 aromatic carbocycles. The lowest BCUT2D eigenvalue weighted by Gasteiger charge is -2.65. The van der Waals surface area contributed by atoms with Gasteiger partial charge < -0.3 is 0 Å². The average Bonchev–Trinajstić information content (AvgIpc) is 2.46. The Morgan fingerprint density at radius 3 is 2.45 bits per heavy atom. The SMILES string of the molecule is CC1(c2cccc3ccccc23)CCC2CC1C2(C)C. The van der Waals surface area contributed by atoms with Crippen molar-refractivity contribution in [2.24, 2.45) is 17.3 Å². The van der Waals surface area contributed by atoms with E-state index in [2.05, 4.69) is 63.2 Å². The standard InChI is InChI=1S/C20H24/c1-19(2)15-11-12-20(3,18(19)13-15)17-10-6-8-14-7-4-5-9-16(14)17/h4-10,15,18H,11-13H2,1-3H3. The van der Waals surface area contributed by atoms with Crippen LogP contribution in [-0.2, 0) is 5.41 Å². The first-order valence-electron chi connectivity index (χ1n) is 8.02. The summed E-state index contributed by atoms with van der Waals surface area (Å²) in [6, 6.07) is 15.8. The molecule has 2 bridgehead atoms. The van der Waals surface area contributed by atoms with E-state index in [-0.39, 0.29) is 0 Å². The highest BCUT2D eigenvalue weighted by atomic mass is 14.6. The van der Waals surface area contributed by atoms with Crippen molar-refractivity contribution in [2.45, 2.75) is 45.4 Å². The number of benzene rings is 2. The zero-order valence-corrected chi connectivity index (χ0v) is 12.8. The Bertz CT molecular complexity index is 659. The predicted molar refractivity (Wildman–Crippen MR) is 85.9 cm³/mol. The van der Waals surface area contributed by atoms with Gasteiger partial charge in [-0.05, 0) is 58.3 Å². The van der Waals surface area contributed by atoms with Crippen molar-refractivity contribution >= 4 is 10.8 Å². The van der Waals surface area contributed by atoms with E-state index in [4.69, 9.17) is 0 Å². The Kier molecular flexibility index (Phi) is 2.41. The summed E-state index contributed by atoms with van der Waals surface area (Å²) in [6.45, 7) is 7.51. The minimum Gasteiger partial charge on any atom is -0.0616 e. The highest BCUT2D eigenvalue weighted by Crippen LogP contribution is 2.66. The van der Waals surface area contributed by atoms with Gasteiger partial charge in [0.1, 0.15) is 0 Å². The van der Waals surface area contributed by atoms with Gasteiger partial charge in [0.15, 0.2) is 0 Å². The molecule has 0 spiro atoms. The molecule has 104 valence electrons. The molecule has 20 heavy (non-hydrogen) atoms. The van der Waals surface area contributed by atoms with Crippen LogP contribution >= 0.6 is 0 Å². The molecule has 0 heterocycles. The van der Waals surface area contributed by atoms with E-state index in [1.807, 2.05) is 0 Å². The molecule has 5 rings (SSSR count). The smallest absolute Gasteiger partial charge is 0.00355 e. The maximum atomic E-state index is 2.52. The highest BCUT2D eigenvalue weighted by Gasteiger charge is 2.59. The van der Waals surface area contributed by atoms with E-state index in [1.54, 1.807) is 5.56 Å². The molecular weight excluding hydrogens is 240 g/mol. The second-order valence-electron chi connectivity index (χ2n) is 7.79. The second kappa shape index (κ2) is 3.87. The molecule has 0 amide bonds. The molecule has 0 aromatic heterocycles. The fourth-order valence-corrected chi connectivity index (χ4v) is 5.28. The van der Waals surface area contributed by atoms with Gasteiger partial charge in [0.25, 0.3) is 0 Å². The minimum atomic E-state index is 0.360. The van der Waals surface area contributed by atoms with E-state index >= 15 is 0 Å². The van der Waals surface area contributed by atoms with Crippen molar-refractivity contribution in [2.75, 3.05) is 0 Å². The number of rotatable bonds is 1. The maximum absolute atomic E-state index is 2.52. The van der Waals surface area contributed by atoms with Crippen molar-refractivity contribution in [3.05, 3.63) is 48.0 Å². The monoisotopic (exact) mass is 264 g/mol. The zero-order chi connectivity index (χ0) is 14.0. The molecule has 3 unspecified atom stereocenters. The molecule has 3 saturated carbocycles. The quantitative estimate of drug-likeness (QED) is 0.633. The normalized spacial score (nSPS) is 34.8. The van der Waals surface area contributed by atoms with Gasteiger partial charge in [-0.2, -0.15) is 0 Å². The Morgan fingerprint density at radius 2 is 1.70 bits per heavy atom. The minimum absolute atomic E-state index is 0.360. The first-order valence-corrected chi connectivity index (χ1v) is 8.02. The molecule has 0 N–H and O–H groups in total. The van der Waals surface area contributed by atoms with Gasteiger partial charge in [-0.1, -0.05) is 63.2 Å². The third kappa shape index (κ3) is 1.43. The summed E-state index contributed by atoms with van der Waals surface area (Å²) in [7, 11) is 0. The van der Waals surface area contributed by atoms with Gasteiger partial charge in [-0.15, -0.1) is 0 Å². The van der Waals surface area contributed by atoms with Crippen molar-refractivity contribution in [1.82, 2.24) is 0 Å². The van der Waals surface area contributed by atoms with Gasteiger partial charge in [-0.25, -0.2) is 0 Å². The molecule has 0 saturated heterocycles. The molecule has 2 aromatic rings. The summed E-state index contributed by atoms with van der Waals surface area (Å²) in [5.41, 5.74) is 2.48. The third-order valence-electron chi connectivity index (χ3n) is 6.66. The Labute approximate surface area is 122 Å². The third-order valence-corrected chi connectivity index (χ3v) is 6.66. The van der Waals surface area contributed by atoms with Crippen LogP contribution in [0.5, 0.6) is 0 Å². The molecule has 0 heteroatoms. The number of fused-ring (bicyclic) bond motifs is 3. The number of hydrogen-bond donors (Lipinski definition) is 0. The molecule has 0 radical (unpaired) electrons. The van der Waals surface area contributed by atoms with E-state index in [9.17, 15) is 0 Å². The Hall–Kier alpha value is -1.30. The predicted octanol–water partition coefficient (Wildman–Crippen LogP) is 5.55. The molecule has 0 nitrogen and oxygen atoms in total. The molecular formula is C20H24. The summed E-state index contributed by atoms with van der Waals surface area (Å²) >= 11 is 0. The van der Waals surface area contributed by atoms with Gasteiger partial charge in [0, 0.05) is 0 Å². The summed E-state index contributed by atoms with van der Waals surface area (Å²) in [5, 5.41) is 2.86. The Morgan fingerprint density at radius 1 is 0.950 bits per heavy atom. The summed E-state index contributed by atoms with van der Waals surface area (Å²) in [6.07, 6.45) is 4.20. The van der Waals surface area contributed by atoms with Crippen molar-refractivity contribution in [1.29, 1.82) is 0 Å². The molecule has 3 aliphatic rings. The average molecular weight is 264 g/mol. The Balaban J connectivity index is 1.90. The van der Waals surface area contributed by atoms with E-state index in [0.29, 0.717) is 10.8 Å². The fourth-order valence-electron chi connectivity index (χ4n) is 5.28. The molecule has 0 aliphatic heterocycles. The van der Waals surface area contributed by atoms with Crippen LogP contribution in [0.1, 0.15) is 45.6 Å². The van der Waals surface area contributed by atoms with Crippen LogP contribution in [0.15, 0.2) is 42.5 Å². The number of hydrogen-bond acceptors (Lipinski definition) is 0. The van der Waals surface area contributed by atoms with Gasteiger partial charge in [0.2, 0.25) is 0 Å². The molecule has 3 atom stereocenters. The topological polar surface area (TPSA) is 0 Å². The first kappa shape index (κ1) is 12.4. The lowest BCUT2D eigenvalue weighted by atomic mass is 9.40. The fraction of sp³-hybridized carbons (Fsp3) is 0.500. The summed E-state index contributed by atoms with van der Waals surface area (Å²) < 4.78 is 0. The van der Waals surface area contributed by atoms with Crippen molar-refractivity contribution in [3.63, 3.8) is 0 Å². The van der Waals surface area contributed by atoms with Crippen LogP contribution in [0.4, 0.5) is 0 Å².